The molecule has 1 aliphatic rings. The molecule has 0 unspecified atom stereocenters. The van der Waals surface area contributed by atoms with Crippen LogP contribution in [0.4, 0.5) is 10.1 Å². The molecule has 0 spiro atoms. The van der Waals surface area contributed by atoms with Crippen molar-refractivity contribution in [1.29, 1.82) is 0 Å². The van der Waals surface area contributed by atoms with Gasteiger partial charge < -0.3 is 9.47 Å². The number of ether oxygens (including phenoxy) is 2. The van der Waals surface area contributed by atoms with E-state index >= 15 is 0 Å². The molecule has 0 aromatic heterocycles. The molecule has 10 heteroatoms. The van der Waals surface area contributed by atoms with Crippen LogP contribution in [0.15, 0.2) is 66.2 Å². The minimum atomic E-state index is -0.747. The number of para-hydroxylation sites is 1. The molecule has 0 atom stereocenters. The van der Waals surface area contributed by atoms with Crippen LogP contribution in [-0.4, -0.2) is 24.0 Å². The lowest BCUT2D eigenvalue weighted by Gasteiger charge is -2.29. The van der Waals surface area contributed by atoms with Gasteiger partial charge in [-0.1, -0.05) is 47.5 Å². The van der Waals surface area contributed by atoms with E-state index < -0.39 is 17.6 Å². The minimum Gasteiger partial charge on any atom is -0.493 e. The molecule has 4 rings (SSSR count). The molecule has 178 valence electrons. The summed E-state index contributed by atoms with van der Waals surface area (Å²) in [6.45, 7) is 0.212. The van der Waals surface area contributed by atoms with Crippen molar-refractivity contribution in [2.45, 2.75) is 6.61 Å². The summed E-state index contributed by atoms with van der Waals surface area (Å²) in [5, 5.41) is 3.09. The van der Waals surface area contributed by atoms with Crippen LogP contribution < -0.4 is 19.7 Å². The Kier molecular flexibility index (Phi) is 7.35. The first-order valence-electron chi connectivity index (χ1n) is 10.2. The van der Waals surface area contributed by atoms with Gasteiger partial charge in [0.15, 0.2) is 16.6 Å². The predicted molar refractivity (Wildman–Crippen MR) is 136 cm³/mol. The molecule has 3 aromatic carbocycles. The quantitative estimate of drug-likeness (QED) is 0.257. The van der Waals surface area contributed by atoms with Crippen molar-refractivity contribution in [3.8, 4) is 11.5 Å². The molecule has 0 bridgehead atoms. The lowest BCUT2D eigenvalue weighted by Crippen LogP contribution is -2.54. The van der Waals surface area contributed by atoms with Crippen LogP contribution in [0.25, 0.3) is 6.08 Å². The summed E-state index contributed by atoms with van der Waals surface area (Å²) in [4.78, 5) is 26.6. The number of carbonyl (C=O) groups is 2. The highest BCUT2D eigenvalue weighted by Crippen LogP contribution is 2.31. The van der Waals surface area contributed by atoms with Gasteiger partial charge in [0.05, 0.1) is 22.8 Å². The van der Waals surface area contributed by atoms with Crippen molar-refractivity contribution in [1.82, 2.24) is 5.32 Å². The Morgan fingerprint density at radius 1 is 1.03 bits per heavy atom. The number of hydrogen-bond acceptors (Lipinski definition) is 5. The maximum atomic E-state index is 14.3. The summed E-state index contributed by atoms with van der Waals surface area (Å²) in [7, 11) is 1.47. The highest BCUT2D eigenvalue weighted by Gasteiger charge is 2.35. The monoisotopic (exact) mass is 530 g/mol. The van der Waals surface area contributed by atoms with E-state index in [1.807, 2.05) is 0 Å². The lowest BCUT2D eigenvalue weighted by atomic mass is 10.1. The van der Waals surface area contributed by atoms with E-state index in [-0.39, 0.29) is 23.0 Å². The van der Waals surface area contributed by atoms with Gasteiger partial charge in [0.25, 0.3) is 11.8 Å². The first-order chi connectivity index (χ1) is 16.8. The number of benzene rings is 3. The maximum Gasteiger partial charge on any atom is 0.270 e. The topological polar surface area (TPSA) is 67.9 Å². The van der Waals surface area contributed by atoms with Crippen molar-refractivity contribution in [2.24, 2.45) is 0 Å². The fraction of sp³-hybridized carbons (Fsp3) is 0.0800. The van der Waals surface area contributed by atoms with Gasteiger partial charge in [-0.2, -0.15) is 0 Å². The van der Waals surface area contributed by atoms with Gasteiger partial charge >= 0.3 is 0 Å². The van der Waals surface area contributed by atoms with Gasteiger partial charge in [0.2, 0.25) is 0 Å². The highest BCUT2D eigenvalue weighted by atomic mass is 35.5. The Morgan fingerprint density at radius 2 is 1.80 bits per heavy atom. The van der Waals surface area contributed by atoms with Crippen molar-refractivity contribution in [2.75, 3.05) is 12.0 Å². The van der Waals surface area contributed by atoms with Crippen LogP contribution in [0.3, 0.4) is 0 Å². The molecule has 1 N–H and O–H groups in total. The summed E-state index contributed by atoms with van der Waals surface area (Å²) in [5.41, 5.74) is 1.02. The fourth-order valence-corrected chi connectivity index (χ4v) is 3.95. The first kappa shape index (κ1) is 24.7. The Morgan fingerprint density at radius 3 is 2.51 bits per heavy atom. The number of halogens is 3. The SMILES string of the molecule is COc1cc(/C=C2\C(=O)NC(=S)N(c3ccccc3F)C2=O)ccc1OCc1ccc(Cl)c(Cl)c1. The summed E-state index contributed by atoms with van der Waals surface area (Å²) in [5.74, 6) is -1.27. The van der Waals surface area contributed by atoms with Crippen LogP contribution in [0, 0.1) is 5.82 Å². The molecular weight excluding hydrogens is 514 g/mol. The number of amides is 2. The van der Waals surface area contributed by atoms with E-state index in [9.17, 15) is 14.0 Å². The summed E-state index contributed by atoms with van der Waals surface area (Å²) < 4.78 is 25.6. The number of methoxy groups -OCH3 is 1. The van der Waals surface area contributed by atoms with Gasteiger partial charge in [0, 0.05) is 0 Å². The van der Waals surface area contributed by atoms with Crippen molar-refractivity contribution >= 4 is 64.1 Å². The summed E-state index contributed by atoms with van der Waals surface area (Å²) in [6.07, 6.45) is 1.37. The summed E-state index contributed by atoms with van der Waals surface area (Å²) >= 11 is 17.1. The van der Waals surface area contributed by atoms with Crippen LogP contribution in [0.2, 0.25) is 10.0 Å². The van der Waals surface area contributed by atoms with Crippen molar-refractivity contribution < 1.29 is 23.5 Å². The number of nitrogens with one attached hydrogen (secondary N) is 1. The number of rotatable bonds is 6. The molecule has 1 fully saturated rings. The zero-order chi connectivity index (χ0) is 25.1. The molecule has 1 saturated heterocycles. The maximum absolute atomic E-state index is 14.3. The number of anilines is 1. The van der Waals surface area contributed by atoms with E-state index in [0.29, 0.717) is 27.1 Å². The van der Waals surface area contributed by atoms with Crippen LogP contribution in [0.1, 0.15) is 11.1 Å². The molecule has 0 radical (unpaired) electrons. The van der Waals surface area contributed by atoms with Gasteiger partial charge in [-0.05, 0) is 65.8 Å². The lowest BCUT2D eigenvalue weighted by molar-refractivity contribution is -0.122. The van der Waals surface area contributed by atoms with Crippen LogP contribution in [0.5, 0.6) is 11.5 Å². The van der Waals surface area contributed by atoms with E-state index in [1.54, 1.807) is 42.5 Å². The zero-order valence-electron chi connectivity index (χ0n) is 18.2. The largest absolute Gasteiger partial charge is 0.493 e. The van der Waals surface area contributed by atoms with E-state index in [1.165, 1.54) is 31.4 Å². The Balaban J connectivity index is 1.59. The number of nitrogens with zero attached hydrogens (tertiary/aromatic N) is 1. The number of thiocarbonyl (C=S) groups is 1. The first-order valence-corrected chi connectivity index (χ1v) is 11.4. The molecule has 0 saturated carbocycles. The third-order valence-electron chi connectivity index (χ3n) is 5.07. The Hall–Kier alpha value is -3.46. The summed E-state index contributed by atoms with van der Waals surface area (Å²) in [6, 6.07) is 15.7. The highest BCUT2D eigenvalue weighted by molar-refractivity contribution is 7.80. The smallest absolute Gasteiger partial charge is 0.270 e. The molecule has 3 aromatic rings. The second-order valence-corrected chi connectivity index (χ2v) is 8.56. The Bertz CT molecular complexity index is 1380. The number of carbonyl (C=O) groups excluding carboxylic acids is 2. The molecule has 1 aliphatic heterocycles. The van der Waals surface area contributed by atoms with Crippen molar-refractivity contribution in [3.05, 3.63) is 93.2 Å². The Labute approximate surface area is 215 Å². The second-order valence-electron chi connectivity index (χ2n) is 7.36. The molecule has 1 heterocycles. The van der Waals surface area contributed by atoms with E-state index in [2.05, 4.69) is 5.32 Å². The van der Waals surface area contributed by atoms with Gasteiger partial charge in [-0.25, -0.2) is 9.29 Å². The molecule has 6 nitrogen and oxygen atoms in total. The molecule has 0 aliphatic carbocycles. The van der Waals surface area contributed by atoms with Crippen LogP contribution >= 0.6 is 35.4 Å². The predicted octanol–water partition coefficient (Wildman–Crippen LogP) is 5.55. The minimum absolute atomic E-state index is 0.0583. The normalized spacial score (nSPS) is 14.8. The van der Waals surface area contributed by atoms with Gasteiger partial charge in [-0.3, -0.25) is 14.9 Å². The standard InChI is InChI=1S/C25H17Cl2FN2O4S/c1-33-22-12-14(7-9-21(22)34-13-15-6-8-17(26)18(27)11-15)10-16-23(31)29-25(35)30(24(16)32)20-5-3-2-4-19(20)28/h2-12H,13H2,1H3,(H,29,31,35)/b16-10+. The third kappa shape index (κ3) is 5.30. The zero-order valence-corrected chi connectivity index (χ0v) is 20.5. The molecular formula is C25H17Cl2FN2O4S. The van der Waals surface area contributed by atoms with Crippen LogP contribution in [-0.2, 0) is 16.2 Å². The van der Waals surface area contributed by atoms with Crippen molar-refractivity contribution in [3.63, 3.8) is 0 Å². The molecule has 35 heavy (non-hydrogen) atoms. The average Bonchev–Trinajstić information content (AvgIpc) is 2.84. The average molecular weight is 531 g/mol. The van der Waals surface area contributed by atoms with Gasteiger partial charge in [-0.15, -0.1) is 0 Å². The molecule has 2 amide bonds. The fourth-order valence-electron chi connectivity index (χ4n) is 3.36. The van der Waals surface area contributed by atoms with E-state index in [0.717, 1.165) is 10.5 Å². The second kappa shape index (κ2) is 10.4. The number of hydrogen-bond donors (Lipinski definition) is 1. The van der Waals surface area contributed by atoms with Gasteiger partial charge in [0.1, 0.15) is 18.0 Å². The third-order valence-corrected chi connectivity index (χ3v) is 6.10. The van der Waals surface area contributed by atoms with E-state index in [4.69, 9.17) is 44.9 Å².